The lowest BCUT2D eigenvalue weighted by Crippen LogP contribution is -2.30. The normalized spacial score (nSPS) is 11.5. The van der Waals surface area contributed by atoms with E-state index >= 15 is 0 Å². The van der Waals surface area contributed by atoms with Gasteiger partial charge in [0.25, 0.3) is 5.91 Å². The van der Waals surface area contributed by atoms with E-state index in [2.05, 4.69) is 43.3 Å². The van der Waals surface area contributed by atoms with Crippen molar-refractivity contribution in [3.8, 4) is 29.4 Å². The van der Waals surface area contributed by atoms with Crippen LogP contribution in [0.1, 0.15) is 33.9 Å². The largest absolute Gasteiger partial charge is 0.477 e. The Morgan fingerprint density at radius 3 is 2.69 bits per heavy atom. The summed E-state index contributed by atoms with van der Waals surface area (Å²) >= 11 is 2.29. The highest BCUT2D eigenvalue weighted by molar-refractivity contribution is 14.2. The van der Waals surface area contributed by atoms with E-state index in [0.717, 1.165) is 33.3 Å². The molecule has 0 N–H and O–H groups in total. The van der Waals surface area contributed by atoms with Crippen LogP contribution in [-0.4, -0.2) is 60.1 Å². The van der Waals surface area contributed by atoms with Crippen LogP contribution in [0.4, 0.5) is 0 Å². The summed E-state index contributed by atoms with van der Waals surface area (Å²) in [5, 5.41) is 14.2. The van der Waals surface area contributed by atoms with Gasteiger partial charge in [0.2, 0.25) is 5.88 Å². The Morgan fingerprint density at radius 2 is 2.03 bits per heavy atom. The van der Waals surface area contributed by atoms with Crippen molar-refractivity contribution in [1.29, 1.82) is 0 Å². The predicted octanol–water partition coefficient (Wildman–Crippen LogP) is 4.10. The van der Waals surface area contributed by atoms with Crippen molar-refractivity contribution in [2.45, 2.75) is 20.3 Å². The zero-order chi connectivity index (χ0) is 25.3. The number of hydrogen-bond acceptors (Lipinski definition) is 5. The van der Waals surface area contributed by atoms with Gasteiger partial charge in [0.1, 0.15) is 11.4 Å². The molecule has 35 heavy (non-hydrogen) atoms. The number of rotatable bonds is 8. The monoisotopic (exact) mass is 603 g/mol. The van der Waals surface area contributed by atoms with E-state index in [4.69, 9.17) is 11.2 Å². The minimum atomic E-state index is -0.0443. The molecule has 4 aromatic rings. The standard InChI is InChI=1S/C24H27IN7O2P/c1-7-20-18-13-17(9-10-21(18)32(28-20)35-25)19-14-26-31(6)24(19)34-12-8-11-29(4)23(33)22-15(2)16(3)27-30(22)5/h1,9-10,13-14,35H,8,11-12H2,2-6H3. The van der Waals surface area contributed by atoms with Crippen LogP contribution < -0.4 is 4.74 Å². The van der Waals surface area contributed by atoms with Gasteiger partial charge < -0.3 is 9.64 Å². The molecule has 1 amide bonds. The average molecular weight is 603 g/mol. The van der Waals surface area contributed by atoms with Crippen molar-refractivity contribution in [1.82, 2.24) is 34.0 Å². The number of fused-ring (bicyclic) bond motifs is 1. The van der Waals surface area contributed by atoms with Gasteiger partial charge in [-0.2, -0.15) is 15.3 Å². The van der Waals surface area contributed by atoms with Crippen molar-refractivity contribution < 1.29 is 9.53 Å². The van der Waals surface area contributed by atoms with Gasteiger partial charge in [-0.3, -0.25) is 9.48 Å². The Labute approximate surface area is 219 Å². The number of carbonyl (C=O) groups is 1. The fourth-order valence-electron chi connectivity index (χ4n) is 4.07. The molecule has 0 radical (unpaired) electrons. The minimum absolute atomic E-state index is 0.0443. The van der Waals surface area contributed by atoms with Crippen LogP contribution in [0.3, 0.4) is 0 Å². The summed E-state index contributed by atoms with van der Waals surface area (Å²) in [6.07, 6.45) is 8.62. The van der Waals surface area contributed by atoms with Crippen LogP contribution in [0.15, 0.2) is 24.4 Å². The van der Waals surface area contributed by atoms with E-state index < -0.39 is 0 Å². The number of terminal acetylenes is 1. The summed E-state index contributed by atoms with van der Waals surface area (Å²) in [6.45, 7) is 4.84. The number of hydrogen-bond donors (Lipinski definition) is 0. The molecule has 1 unspecified atom stereocenters. The van der Waals surface area contributed by atoms with Gasteiger partial charge in [-0.25, -0.2) is 9.13 Å². The summed E-state index contributed by atoms with van der Waals surface area (Å²) in [4.78, 5) is 14.6. The Bertz CT molecular complexity index is 1450. The zero-order valence-corrected chi connectivity index (χ0v) is 23.5. The quantitative estimate of drug-likeness (QED) is 0.131. The Hall–Kier alpha value is -2.90. The molecule has 11 heteroatoms. The molecule has 0 saturated carbocycles. The van der Waals surface area contributed by atoms with Crippen molar-refractivity contribution in [2.75, 3.05) is 20.2 Å². The highest BCUT2D eigenvalue weighted by atomic mass is 127. The average Bonchev–Trinajstić information content (AvgIpc) is 3.48. The lowest BCUT2D eigenvalue weighted by atomic mass is 10.1. The second-order valence-electron chi connectivity index (χ2n) is 8.32. The summed E-state index contributed by atoms with van der Waals surface area (Å²) in [7, 11) is 5.45. The van der Waals surface area contributed by atoms with Crippen molar-refractivity contribution in [3.63, 3.8) is 0 Å². The summed E-state index contributed by atoms with van der Waals surface area (Å²) in [5.41, 5.74) is 5.88. The van der Waals surface area contributed by atoms with Gasteiger partial charge in [0, 0.05) is 38.6 Å². The number of amides is 1. The molecule has 0 bridgehead atoms. The van der Waals surface area contributed by atoms with Gasteiger partial charge in [-0.15, -0.1) is 6.42 Å². The fourth-order valence-corrected chi connectivity index (χ4v) is 5.60. The van der Waals surface area contributed by atoms with E-state index in [9.17, 15) is 4.79 Å². The summed E-state index contributed by atoms with van der Waals surface area (Å²) < 4.78 is 11.4. The molecule has 0 spiro atoms. The third-order valence-corrected chi connectivity index (χ3v) is 7.91. The van der Waals surface area contributed by atoms with Crippen LogP contribution >= 0.6 is 28.4 Å². The molecular formula is C24H27IN7O2P. The first-order valence-corrected chi connectivity index (χ1v) is 15.1. The molecule has 0 aliphatic rings. The van der Waals surface area contributed by atoms with E-state index in [-0.39, 0.29) is 5.91 Å². The molecule has 0 aliphatic heterocycles. The van der Waals surface area contributed by atoms with Crippen LogP contribution in [0.25, 0.3) is 22.0 Å². The Morgan fingerprint density at radius 1 is 1.26 bits per heavy atom. The maximum Gasteiger partial charge on any atom is 0.272 e. The van der Waals surface area contributed by atoms with E-state index in [1.54, 1.807) is 34.6 Å². The fraction of sp³-hybridized carbons (Fsp3) is 0.333. The first-order valence-electron chi connectivity index (χ1n) is 11.0. The van der Waals surface area contributed by atoms with E-state index in [1.165, 1.54) is 0 Å². The number of carbonyl (C=O) groups excluding carboxylic acids is 1. The minimum Gasteiger partial charge on any atom is -0.477 e. The molecule has 9 nitrogen and oxygen atoms in total. The zero-order valence-electron chi connectivity index (χ0n) is 20.3. The van der Waals surface area contributed by atoms with Crippen LogP contribution in [0, 0.1) is 26.2 Å². The molecular weight excluding hydrogens is 576 g/mol. The summed E-state index contributed by atoms with van der Waals surface area (Å²) in [6, 6.07) is 6.11. The maximum atomic E-state index is 12.9. The lowest BCUT2D eigenvalue weighted by molar-refractivity contribution is 0.0775. The van der Waals surface area contributed by atoms with Crippen LogP contribution in [-0.2, 0) is 14.1 Å². The van der Waals surface area contributed by atoms with E-state index in [0.29, 0.717) is 43.2 Å². The second-order valence-corrected chi connectivity index (χ2v) is 10.4. The molecule has 1 atom stereocenters. The Balaban J connectivity index is 1.45. The first kappa shape index (κ1) is 25.2. The molecule has 182 valence electrons. The van der Waals surface area contributed by atoms with Crippen molar-refractivity contribution in [2.24, 2.45) is 14.1 Å². The predicted molar refractivity (Wildman–Crippen MR) is 147 cm³/mol. The number of halogens is 1. The second kappa shape index (κ2) is 10.4. The number of nitrogens with zero attached hydrogens (tertiary/aromatic N) is 7. The van der Waals surface area contributed by atoms with Crippen molar-refractivity contribution >= 4 is 45.2 Å². The SMILES string of the molecule is C#Cc1nn(PI)c2ccc(-c3cnn(C)c3OCCCN(C)C(=O)c3c(C)c(C)nn3C)cc12. The summed E-state index contributed by atoms with van der Waals surface area (Å²) in [5.74, 6) is 3.31. The molecule has 4 rings (SSSR count). The first-order chi connectivity index (χ1) is 16.8. The van der Waals surface area contributed by atoms with E-state index in [1.807, 2.05) is 43.5 Å². The molecule has 0 fully saturated rings. The van der Waals surface area contributed by atoms with Gasteiger partial charge in [-0.1, -0.05) is 6.07 Å². The van der Waals surface area contributed by atoms with Gasteiger partial charge in [-0.05, 0) is 65.9 Å². The number of benzene rings is 1. The number of ether oxygens (including phenoxy) is 1. The Kier molecular flexibility index (Phi) is 7.47. The third-order valence-electron chi connectivity index (χ3n) is 6.04. The number of aryl methyl sites for hydroxylation is 3. The van der Waals surface area contributed by atoms with Crippen LogP contribution in [0.5, 0.6) is 5.88 Å². The molecule has 1 aromatic carbocycles. The topological polar surface area (TPSA) is 83.0 Å². The third kappa shape index (κ3) is 4.80. The van der Waals surface area contributed by atoms with Gasteiger partial charge in [0.15, 0.2) is 0 Å². The highest BCUT2D eigenvalue weighted by Gasteiger charge is 2.21. The van der Waals surface area contributed by atoms with Gasteiger partial charge >= 0.3 is 0 Å². The molecule has 0 saturated heterocycles. The van der Waals surface area contributed by atoms with Gasteiger partial charge in [0.05, 0.1) is 36.0 Å². The highest BCUT2D eigenvalue weighted by Crippen LogP contribution is 2.35. The van der Waals surface area contributed by atoms with Crippen molar-refractivity contribution in [3.05, 3.63) is 47.0 Å². The lowest BCUT2D eigenvalue weighted by Gasteiger charge is -2.18. The molecule has 3 heterocycles. The maximum absolute atomic E-state index is 12.9. The number of aromatic nitrogens is 6. The van der Waals surface area contributed by atoms with Crippen LogP contribution in [0.2, 0.25) is 0 Å². The molecule has 3 aromatic heterocycles. The smallest absolute Gasteiger partial charge is 0.272 e. The molecule has 0 aliphatic carbocycles.